The van der Waals surface area contributed by atoms with Crippen LogP contribution in [-0.4, -0.2) is 33.9 Å². The van der Waals surface area contributed by atoms with Crippen LogP contribution >= 0.6 is 0 Å². The van der Waals surface area contributed by atoms with Gasteiger partial charge in [0.15, 0.2) is 14.1 Å². The zero-order valence-corrected chi connectivity index (χ0v) is 23.8. The normalized spacial score (nSPS) is 47.0. The second kappa shape index (κ2) is 7.43. The van der Waals surface area contributed by atoms with Crippen LogP contribution in [0, 0.1) is 39.9 Å². The van der Waals surface area contributed by atoms with Crippen LogP contribution in [0.4, 0.5) is 0 Å². The predicted molar refractivity (Wildman–Crippen MR) is 138 cm³/mol. The maximum atomic E-state index is 6.95. The average molecular weight is 475 g/mol. The molecule has 0 N–H and O–H groups in total. The van der Waals surface area contributed by atoms with Crippen LogP contribution < -0.4 is 0 Å². The van der Waals surface area contributed by atoms with E-state index in [1.54, 1.807) is 0 Å². The second-order valence-corrected chi connectivity index (χ2v) is 19.5. The Bertz CT molecular complexity index is 808. The first-order chi connectivity index (χ1) is 15.2. The van der Waals surface area contributed by atoms with Crippen molar-refractivity contribution < 1.29 is 13.9 Å². The summed E-state index contributed by atoms with van der Waals surface area (Å²) in [6.45, 7) is 26.6. The van der Waals surface area contributed by atoms with Crippen molar-refractivity contribution in [1.29, 1.82) is 0 Å². The molecule has 1 heterocycles. The molecule has 0 aromatic heterocycles. The summed E-state index contributed by atoms with van der Waals surface area (Å²) < 4.78 is 20.0. The monoisotopic (exact) mass is 474 g/mol. The van der Waals surface area contributed by atoms with Crippen molar-refractivity contribution in [3.8, 4) is 0 Å². The summed E-state index contributed by atoms with van der Waals surface area (Å²) in [5.74, 6) is 1.91. The lowest BCUT2D eigenvalue weighted by atomic mass is 9.29. The summed E-state index contributed by atoms with van der Waals surface area (Å²) in [6.07, 6.45) is 9.14. The second-order valence-electron chi connectivity index (χ2n) is 14.7. The van der Waals surface area contributed by atoms with Gasteiger partial charge in [0.2, 0.25) is 0 Å². The third-order valence-electron chi connectivity index (χ3n) is 12.1. The summed E-state index contributed by atoms with van der Waals surface area (Å²) in [5.41, 5.74) is 2.27. The highest BCUT2D eigenvalue weighted by Crippen LogP contribution is 2.80. The molecule has 0 amide bonds. The lowest BCUT2D eigenvalue weighted by Crippen LogP contribution is -2.74. The molecule has 4 aliphatic carbocycles. The largest absolute Gasteiger partial charge is 0.416 e. The van der Waals surface area contributed by atoms with Gasteiger partial charge >= 0.3 is 0 Å². The lowest BCUT2D eigenvalue weighted by Gasteiger charge is -2.76. The van der Waals surface area contributed by atoms with Gasteiger partial charge in [-0.05, 0) is 84.7 Å². The number of fused-ring (bicyclic) bond motifs is 2. The van der Waals surface area contributed by atoms with Gasteiger partial charge in [-0.1, -0.05) is 60.1 Å². The van der Waals surface area contributed by atoms with Gasteiger partial charge in [-0.2, -0.15) is 0 Å². The Labute approximate surface area is 204 Å². The Morgan fingerprint density at radius 1 is 1.09 bits per heavy atom. The Kier molecular flexibility index (Phi) is 5.52. The smallest absolute Gasteiger partial charge is 0.192 e. The molecule has 5 rings (SSSR count). The van der Waals surface area contributed by atoms with Gasteiger partial charge in [-0.25, -0.2) is 0 Å². The molecule has 0 unspecified atom stereocenters. The lowest BCUT2D eigenvalue weighted by molar-refractivity contribution is -0.340. The minimum absolute atomic E-state index is 0.261. The van der Waals surface area contributed by atoms with Crippen molar-refractivity contribution >= 4 is 8.32 Å². The summed E-state index contributed by atoms with van der Waals surface area (Å²) >= 11 is 0. The number of hydrogen-bond acceptors (Lipinski definition) is 3. The van der Waals surface area contributed by atoms with E-state index in [0.29, 0.717) is 28.6 Å². The summed E-state index contributed by atoms with van der Waals surface area (Å²) in [4.78, 5) is 0. The summed E-state index contributed by atoms with van der Waals surface area (Å²) in [6, 6.07) is 0. The van der Waals surface area contributed by atoms with Gasteiger partial charge in [0.25, 0.3) is 0 Å². The standard InChI is InChI=1S/C29H50O3Si/c1-20-18-28-22(17-21(2)29(24(20)28)30-15-16-31-29)11-12-23-26(6,13-10-14-27(23,28)7)19-32-33(8,9)25(3,4)5/h21-24H,1,10-19H2,2-9H3/t21-,22-,23-,24-,26+,27-,28+/m0/s1. The highest BCUT2D eigenvalue weighted by atomic mass is 28.4. The molecule has 3 nitrogen and oxygen atoms in total. The van der Waals surface area contributed by atoms with Gasteiger partial charge in [-0.3, -0.25) is 0 Å². The molecule has 5 aliphatic rings. The molecular weight excluding hydrogens is 424 g/mol. The Morgan fingerprint density at radius 2 is 1.76 bits per heavy atom. The highest BCUT2D eigenvalue weighted by Gasteiger charge is 2.77. The SMILES string of the molecule is C=C1C[C@]23[C@@H](CC[C@H]4[C@@](C)(CO[Si](C)(C)C(C)(C)C)CCC[C@@]42C)C[C@H](C)C2(OCCO2)[C@@H]13. The summed E-state index contributed by atoms with van der Waals surface area (Å²) in [5, 5.41) is 0.261. The van der Waals surface area contributed by atoms with Crippen LogP contribution in [0.15, 0.2) is 12.2 Å². The van der Waals surface area contributed by atoms with Crippen LogP contribution in [0.5, 0.6) is 0 Å². The maximum absolute atomic E-state index is 6.95. The van der Waals surface area contributed by atoms with E-state index in [1.165, 1.54) is 50.5 Å². The number of hydrogen-bond donors (Lipinski definition) is 0. The first-order valence-corrected chi connectivity index (χ1v) is 16.7. The quantitative estimate of drug-likeness (QED) is 0.312. The third kappa shape index (κ3) is 3.09. The van der Waals surface area contributed by atoms with E-state index in [4.69, 9.17) is 13.9 Å². The minimum atomic E-state index is -1.77. The molecule has 2 spiro atoms. The van der Waals surface area contributed by atoms with Gasteiger partial charge < -0.3 is 13.9 Å². The van der Waals surface area contributed by atoms with Crippen LogP contribution in [-0.2, 0) is 13.9 Å². The maximum Gasteiger partial charge on any atom is 0.192 e. The zero-order chi connectivity index (χ0) is 24.1. The molecule has 4 saturated carbocycles. The molecule has 0 aromatic carbocycles. The van der Waals surface area contributed by atoms with Crippen molar-refractivity contribution in [2.75, 3.05) is 19.8 Å². The molecule has 188 valence electrons. The molecule has 0 radical (unpaired) electrons. The van der Waals surface area contributed by atoms with E-state index in [1.807, 2.05) is 0 Å². The van der Waals surface area contributed by atoms with Crippen molar-refractivity contribution in [1.82, 2.24) is 0 Å². The molecule has 1 aliphatic heterocycles. The Balaban J connectivity index is 1.50. The molecule has 1 saturated heterocycles. The number of ether oxygens (including phenoxy) is 2. The number of rotatable bonds is 3. The topological polar surface area (TPSA) is 27.7 Å². The van der Waals surface area contributed by atoms with Crippen LogP contribution in [0.1, 0.15) is 86.5 Å². The van der Waals surface area contributed by atoms with Crippen molar-refractivity contribution in [3.05, 3.63) is 12.2 Å². The fraction of sp³-hybridized carbons (Fsp3) is 0.931. The van der Waals surface area contributed by atoms with E-state index < -0.39 is 14.1 Å². The highest BCUT2D eigenvalue weighted by molar-refractivity contribution is 6.74. The Hall–Kier alpha value is -0.163. The minimum Gasteiger partial charge on any atom is -0.416 e. The first kappa shape index (κ1) is 24.5. The molecule has 0 aromatic rings. The first-order valence-electron chi connectivity index (χ1n) is 13.8. The fourth-order valence-electron chi connectivity index (χ4n) is 9.49. The van der Waals surface area contributed by atoms with Gasteiger partial charge in [-0.15, -0.1) is 0 Å². The van der Waals surface area contributed by atoms with Gasteiger partial charge in [0.1, 0.15) is 0 Å². The van der Waals surface area contributed by atoms with Gasteiger partial charge in [0, 0.05) is 18.4 Å². The van der Waals surface area contributed by atoms with E-state index >= 15 is 0 Å². The average Bonchev–Trinajstić information content (AvgIpc) is 3.16. The predicted octanol–water partition coefficient (Wildman–Crippen LogP) is 7.58. The van der Waals surface area contributed by atoms with Crippen molar-refractivity contribution in [3.63, 3.8) is 0 Å². The van der Waals surface area contributed by atoms with Crippen molar-refractivity contribution in [2.24, 2.45) is 39.9 Å². The Morgan fingerprint density at radius 3 is 2.36 bits per heavy atom. The molecule has 0 bridgehead atoms. The van der Waals surface area contributed by atoms with E-state index in [2.05, 4.69) is 61.2 Å². The molecular formula is C29H50O3Si. The van der Waals surface area contributed by atoms with Gasteiger partial charge in [0.05, 0.1) is 13.2 Å². The van der Waals surface area contributed by atoms with Crippen molar-refractivity contribution in [2.45, 2.75) is 110 Å². The fourth-order valence-corrected chi connectivity index (χ4v) is 10.6. The molecule has 33 heavy (non-hydrogen) atoms. The van der Waals surface area contributed by atoms with Crippen LogP contribution in [0.25, 0.3) is 0 Å². The van der Waals surface area contributed by atoms with E-state index in [9.17, 15) is 0 Å². The summed E-state index contributed by atoms with van der Waals surface area (Å²) in [7, 11) is -1.77. The van der Waals surface area contributed by atoms with Crippen LogP contribution in [0.3, 0.4) is 0 Å². The molecule has 5 fully saturated rings. The molecule has 4 heteroatoms. The zero-order valence-electron chi connectivity index (χ0n) is 22.8. The molecule has 7 atom stereocenters. The van der Waals surface area contributed by atoms with E-state index in [0.717, 1.165) is 25.7 Å². The third-order valence-corrected chi connectivity index (χ3v) is 16.6. The van der Waals surface area contributed by atoms with Crippen LogP contribution in [0.2, 0.25) is 18.1 Å². The van der Waals surface area contributed by atoms with E-state index in [-0.39, 0.29) is 10.5 Å².